The predicted molar refractivity (Wildman–Crippen MR) is 116 cm³/mol. The van der Waals surface area contributed by atoms with E-state index in [1.807, 2.05) is 0 Å². The molecule has 0 bridgehead atoms. The van der Waals surface area contributed by atoms with Crippen molar-refractivity contribution in [1.82, 2.24) is 0 Å². The van der Waals surface area contributed by atoms with Gasteiger partial charge in [-0.1, -0.05) is 53.4 Å². The fraction of sp³-hybridized carbons (Fsp3) is 1.00. The Morgan fingerprint density at radius 1 is 0.325 bits per heavy atom. The fourth-order valence-electron chi connectivity index (χ4n) is 3.59. The number of alkyl halides is 16. The molecule has 0 saturated carbocycles. The monoisotopic (exact) mass is 630 g/mol. The lowest BCUT2D eigenvalue weighted by molar-refractivity contribution is -0.929. The number of quaternary nitrogens is 1. The largest absolute Gasteiger partial charge is 0.460 e. The van der Waals surface area contributed by atoms with Gasteiger partial charge in [-0.25, -0.2) is 0 Å². The van der Waals surface area contributed by atoms with Crippen LogP contribution in [0.25, 0.3) is 0 Å². The van der Waals surface area contributed by atoms with Crippen molar-refractivity contribution < 1.29 is 74.7 Å². The molecule has 0 aromatic carbocycles. The number of hydrogen-bond donors (Lipinski definition) is 0. The average Bonchev–Trinajstić information content (AvgIpc) is 2.81. The van der Waals surface area contributed by atoms with Gasteiger partial charge in [0.1, 0.15) is 0 Å². The Morgan fingerprint density at radius 3 is 0.650 bits per heavy atom. The molecular formula is C23H36F16N+. The molecular weight excluding hydrogens is 594 g/mol. The van der Waals surface area contributed by atoms with Crippen LogP contribution in [0.2, 0.25) is 0 Å². The van der Waals surface area contributed by atoms with Crippen molar-refractivity contribution in [3.63, 3.8) is 0 Å². The molecule has 0 saturated heterocycles. The van der Waals surface area contributed by atoms with Crippen molar-refractivity contribution in [3.05, 3.63) is 0 Å². The van der Waals surface area contributed by atoms with Gasteiger partial charge >= 0.3 is 42.0 Å². The first kappa shape index (κ1) is 41.0. The summed E-state index contributed by atoms with van der Waals surface area (Å²) in [6.45, 7) is 15.0. The van der Waals surface area contributed by atoms with E-state index in [1.54, 1.807) is 0 Å². The van der Waals surface area contributed by atoms with Crippen LogP contribution in [0.15, 0.2) is 0 Å². The average molecular weight is 631 g/mol. The minimum atomic E-state index is -8.43. The second-order valence-corrected chi connectivity index (χ2v) is 9.52. The van der Waals surface area contributed by atoms with Gasteiger partial charge < -0.3 is 4.48 Å². The molecule has 0 atom stereocenters. The molecule has 40 heavy (non-hydrogen) atoms. The molecule has 0 fully saturated rings. The lowest BCUT2D eigenvalue weighted by Gasteiger charge is -2.39. The Morgan fingerprint density at radius 2 is 0.500 bits per heavy atom. The highest BCUT2D eigenvalue weighted by Gasteiger charge is 2.93. The van der Waals surface area contributed by atoms with E-state index in [2.05, 4.69) is 27.7 Å². The summed E-state index contributed by atoms with van der Waals surface area (Å²) in [4.78, 5) is 0. The van der Waals surface area contributed by atoms with E-state index in [9.17, 15) is 70.2 Å². The Labute approximate surface area is 222 Å². The molecule has 0 radical (unpaired) electrons. The van der Waals surface area contributed by atoms with Gasteiger partial charge in [-0.3, -0.25) is 0 Å². The molecule has 1 nitrogen and oxygen atoms in total. The normalized spacial score (nSPS) is 14.7. The van der Waals surface area contributed by atoms with Crippen molar-refractivity contribution in [2.24, 2.45) is 0 Å². The van der Waals surface area contributed by atoms with Gasteiger partial charge in [0.05, 0.1) is 26.2 Å². The van der Waals surface area contributed by atoms with Gasteiger partial charge in [-0.15, -0.1) is 0 Å². The van der Waals surface area contributed by atoms with Gasteiger partial charge in [0, 0.05) is 0 Å². The summed E-state index contributed by atoms with van der Waals surface area (Å²) >= 11 is 0. The van der Waals surface area contributed by atoms with Crippen LogP contribution in [0.1, 0.15) is 79.1 Å². The van der Waals surface area contributed by atoms with Crippen LogP contribution >= 0.6 is 0 Å². The Hall–Kier alpha value is -1.16. The molecule has 0 heterocycles. The van der Waals surface area contributed by atoms with E-state index in [1.165, 1.54) is 82.0 Å². The van der Waals surface area contributed by atoms with Gasteiger partial charge in [0.15, 0.2) is 0 Å². The minimum absolute atomic E-state index is 1.35. The molecule has 0 aromatic heterocycles. The first-order valence-corrected chi connectivity index (χ1v) is 12.6. The summed E-state index contributed by atoms with van der Waals surface area (Å²) < 4.78 is 195. The number of halogens is 16. The molecule has 244 valence electrons. The van der Waals surface area contributed by atoms with E-state index in [0.717, 1.165) is 0 Å². The van der Waals surface area contributed by atoms with Crippen LogP contribution in [0.4, 0.5) is 70.2 Å². The Balaban J connectivity index is 0. The van der Waals surface area contributed by atoms with Crippen molar-refractivity contribution >= 4 is 0 Å². The number of rotatable bonds is 16. The van der Waals surface area contributed by atoms with Gasteiger partial charge in [0.25, 0.3) is 0 Å². The second-order valence-electron chi connectivity index (χ2n) is 9.52. The lowest BCUT2D eigenvalue weighted by atomic mass is 9.94. The molecule has 0 aliphatic heterocycles. The molecule has 0 aliphatic rings. The van der Waals surface area contributed by atoms with E-state index in [0.29, 0.717) is 0 Å². The number of unbranched alkanes of at least 4 members (excludes halogenated alkanes) is 4. The third kappa shape index (κ3) is 8.92. The van der Waals surface area contributed by atoms with Crippen LogP contribution in [0.3, 0.4) is 0 Å². The molecule has 0 spiro atoms. The zero-order chi connectivity index (χ0) is 32.5. The molecule has 17 heteroatoms. The van der Waals surface area contributed by atoms with E-state index < -0.39 is 42.0 Å². The predicted octanol–water partition coefficient (Wildman–Crippen LogP) is 10.3. The molecule has 0 N–H and O–H groups in total. The summed E-state index contributed by atoms with van der Waals surface area (Å²) in [7, 11) is 0. The topological polar surface area (TPSA) is 0 Å². The first-order valence-electron chi connectivity index (χ1n) is 12.6. The number of hydrogen-bond acceptors (Lipinski definition) is 0. The first-order chi connectivity index (χ1) is 17.7. The summed E-state index contributed by atoms with van der Waals surface area (Å²) in [6, 6.07) is 0. The van der Waals surface area contributed by atoms with Crippen molar-refractivity contribution in [2.75, 3.05) is 26.2 Å². The maximum atomic E-state index is 12.6. The van der Waals surface area contributed by atoms with Crippen LogP contribution in [-0.2, 0) is 0 Å². The molecule has 0 rings (SSSR count). The highest BCUT2D eigenvalue weighted by atomic mass is 19.4. The SMILES string of the molecule is CCCC[N+](CCCC)(CCCC)CCCC.FC(F)(F)C(F)(F)C(F)(F)C(F)(F)C(F)(F)C(F)(F)C(F)(F)F. The second kappa shape index (κ2) is 14.8. The molecule has 0 aromatic rings. The third-order valence-electron chi connectivity index (χ3n) is 6.23. The summed E-state index contributed by atoms with van der Waals surface area (Å²) in [6.07, 6.45) is -4.26. The van der Waals surface area contributed by atoms with E-state index >= 15 is 0 Å². The quantitative estimate of drug-likeness (QED) is 0.118. The number of nitrogens with zero attached hydrogens (tertiary/aromatic N) is 1. The van der Waals surface area contributed by atoms with Crippen LogP contribution in [0, 0.1) is 0 Å². The third-order valence-corrected chi connectivity index (χ3v) is 6.23. The molecule has 0 amide bonds. The van der Waals surface area contributed by atoms with Gasteiger partial charge in [-0.2, -0.15) is 70.2 Å². The van der Waals surface area contributed by atoms with Crippen LogP contribution in [0.5, 0.6) is 0 Å². The highest BCUT2D eigenvalue weighted by Crippen LogP contribution is 2.62. The van der Waals surface area contributed by atoms with E-state index in [-0.39, 0.29) is 0 Å². The maximum Gasteiger partial charge on any atom is 0.460 e. The van der Waals surface area contributed by atoms with Crippen molar-refractivity contribution in [3.8, 4) is 0 Å². The molecule has 0 unspecified atom stereocenters. The zero-order valence-corrected chi connectivity index (χ0v) is 22.5. The highest BCUT2D eigenvalue weighted by molar-refractivity contribution is 5.11. The van der Waals surface area contributed by atoms with E-state index in [4.69, 9.17) is 0 Å². The summed E-state index contributed by atoms with van der Waals surface area (Å²) in [5.41, 5.74) is 0. The molecule has 0 aliphatic carbocycles. The zero-order valence-electron chi connectivity index (χ0n) is 22.5. The van der Waals surface area contributed by atoms with Gasteiger partial charge in [-0.05, 0) is 25.7 Å². The van der Waals surface area contributed by atoms with Crippen LogP contribution < -0.4 is 0 Å². The maximum absolute atomic E-state index is 12.6. The lowest BCUT2D eigenvalue weighted by Crippen LogP contribution is -2.72. The van der Waals surface area contributed by atoms with Crippen molar-refractivity contribution in [2.45, 2.75) is 121 Å². The fourth-order valence-corrected chi connectivity index (χ4v) is 3.59. The van der Waals surface area contributed by atoms with Crippen LogP contribution in [-0.4, -0.2) is 72.6 Å². The smallest absolute Gasteiger partial charge is 0.324 e. The van der Waals surface area contributed by atoms with Crippen molar-refractivity contribution in [1.29, 1.82) is 0 Å². The van der Waals surface area contributed by atoms with Gasteiger partial charge in [0.2, 0.25) is 0 Å². The Bertz CT molecular complexity index is 635. The standard InChI is InChI=1S/C16H36N.C7F16/c1-5-9-13-17(14-10-6-2,15-11-7-3)16-12-8-4;8-1(9,2(10,11)4(14,15)6(18,19)20)3(12,13)5(16,17)7(21,22)23/h5-16H2,1-4H3;/q+1;. The Kier molecular flexibility index (Phi) is 15.2. The summed E-state index contributed by atoms with van der Waals surface area (Å²) in [5, 5.41) is 0. The minimum Gasteiger partial charge on any atom is -0.324 e. The summed E-state index contributed by atoms with van der Waals surface area (Å²) in [5.74, 6) is -41.2.